The third-order valence-electron chi connectivity index (χ3n) is 7.97. The van der Waals surface area contributed by atoms with Crippen LogP contribution in [-0.2, 0) is 62.4 Å². The summed E-state index contributed by atoms with van der Waals surface area (Å²) < 4.78 is 110. The summed E-state index contributed by atoms with van der Waals surface area (Å²) >= 11 is 0. The van der Waals surface area contributed by atoms with Crippen LogP contribution in [0.5, 0.6) is 0 Å². The Hall–Kier alpha value is -2.90. The van der Waals surface area contributed by atoms with Crippen LogP contribution in [0.25, 0.3) is 0 Å². The molecule has 3 saturated heterocycles. The molecule has 0 bridgehead atoms. The Kier molecular flexibility index (Phi) is 8.47. The first-order valence-corrected chi connectivity index (χ1v) is 20.1. The van der Waals surface area contributed by atoms with Gasteiger partial charge in [-0.3, -0.25) is 9.59 Å². The topological polar surface area (TPSA) is 201 Å². The van der Waals surface area contributed by atoms with Gasteiger partial charge in [0.15, 0.2) is 19.7 Å². The lowest BCUT2D eigenvalue weighted by atomic mass is 10.0. The fourth-order valence-corrected chi connectivity index (χ4v) is 14.0. The number of hydrogen-bond donors (Lipinski definition) is 2. The monoisotopic (exact) mass is 688 g/mol. The highest BCUT2D eigenvalue weighted by atomic mass is 32.2. The predicted molar refractivity (Wildman–Crippen MR) is 158 cm³/mol. The van der Waals surface area contributed by atoms with Gasteiger partial charge in [-0.15, -0.1) is 0 Å². The van der Waals surface area contributed by atoms with Gasteiger partial charge < -0.3 is 10.6 Å². The molecule has 3 heterocycles. The second-order valence-electron chi connectivity index (χ2n) is 11.2. The van der Waals surface area contributed by atoms with E-state index in [2.05, 4.69) is 10.6 Å². The first kappa shape index (κ1) is 32.5. The van der Waals surface area contributed by atoms with E-state index in [1.54, 1.807) is 0 Å². The summed E-state index contributed by atoms with van der Waals surface area (Å²) in [6.45, 7) is 2.96. The predicted octanol–water partition coefficient (Wildman–Crippen LogP) is -1.01. The molecule has 5 rings (SSSR count). The largest absolute Gasteiger partial charge is 0.352 e. The average molecular weight is 689 g/mol. The molecule has 2 aromatic carbocycles. The third-order valence-corrected chi connectivity index (χ3v) is 15.3. The van der Waals surface area contributed by atoms with Gasteiger partial charge in [0, 0.05) is 26.9 Å². The molecular weight excluding hydrogens is 657 g/mol. The first-order valence-electron chi connectivity index (χ1n) is 13.6. The number of nitrogens with one attached hydrogen (secondary N) is 2. The Morgan fingerprint density at radius 1 is 0.614 bits per heavy atom. The fraction of sp³-hybridized carbons (Fsp3) is 0.462. The summed E-state index contributed by atoms with van der Waals surface area (Å²) in [7, 11) is -16.9. The Balaban J connectivity index is 1.56. The van der Waals surface area contributed by atoms with Crippen molar-refractivity contribution in [3.63, 3.8) is 0 Å². The minimum absolute atomic E-state index is 0.145. The summed E-state index contributed by atoms with van der Waals surface area (Å²) in [5.74, 6) is -3.27. The van der Waals surface area contributed by atoms with Gasteiger partial charge in [-0.05, 0) is 35.4 Å². The van der Waals surface area contributed by atoms with Gasteiger partial charge in [-0.25, -0.2) is 33.7 Å². The maximum Gasteiger partial charge on any atom is 0.243 e. The molecule has 0 spiro atoms. The number of nitrogens with zero attached hydrogens (tertiary/aromatic N) is 2. The minimum atomic E-state index is -4.51. The summed E-state index contributed by atoms with van der Waals surface area (Å²) in [6.07, 6.45) is 0. The Bertz CT molecular complexity index is 1730. The van der Waals surface area contributed by atoms with Crippen LogP contribution in [-0.4, -0.2) is 101 Å². The van der Waals surface area contributed by atoms with Crippen molar-refractivity contribution in [1.29, 1.82) is 0 Å². The van der Waals surface area contributed by atoms with E-state index in [0.717, 1.165) is 8.61 Å². The highest BCUT2D eigenvalue weighted by Crippen LogP contribution is 2.43. The SMILES string of the molecule is CC(=O)NCc1ccc(S(=O)(=O)N2[C@@H]3CS(=O)(=O)C[C@H]3N(S(=O)(=O)c3ccc(CNC(C)=O)cc3)[C@H]3CS(=O)(=O)C[C@H]32)cc1. The number of benzene rings is 2. The van der Waals surface area contributed by atoms with E-state index in [-0.39, 0.29) is 34.7 Å². The molecule has 2 N–H and O–H groups in total. The number of fused-ring (bicyclic) bond motifs is 2. The van der Waals surface area contributed by atoms with E-state index in [1.165, 1.54) is 62.4 Å². The number of amides is 2. The van der Waals surface area contributed by atoms with E-state index >= 15 is 0 Å². The number of carbonyl (C=O) groups excluding carboxylic acids is 2. The van der Waals surface area contributed by atoms with Crippen LogP contribution in [0, 0.1) is 0 Å². The molecule has 14 nitrogen and oxygen atoms in total. The van der Waals surface area contributed by atoms with Gasteiger partial charge in [-0.1, -0.05) is 24.3 Å². The lowest BCUT2D eigenvalue weighted by Crippen LogP contribution is -2.69. The second kappa shape index (κ2) is 11.5. The highest BCUT2D eigenvalue weighted by Gasteiger charge is 2.63. The van der Waals surface area contributed by atoms with Crippen LogP contribution < -0.4 is 10.6 Å². The van der Waals surface area contributed by atoms with Crippen molar-refractivity contribution in [2.45, 2.75) is 60.9 Å². The fourth-order valence-electron chi connectivity index (χ4n) is 6.05. The molecular formula is C26H32N4O10S4. The average Bonchev–Trinajstić information content (AvgIpc) is 3.41. The number of sulfone groups is 2. The van der Waals surface area contributed by atoms with Crippen molar-refractivity contribution in [3.05, 3.63) is 59.7 Å². The van der Waals surface area contributed by atoms with E-state index in [0.29, 0.717) is 11.1 Å². The van der Waals surface area contributed by atoms with Crippen LogP contribution in [0.3, 0.4) is 0 Å². The quantitative estimate of drug-likeness (QED) is 0.346. The molecule has 2 amide bonds. The van der Waals surface area contributed by atoms with E-state index in [1.807, 2.05) is 0 Å². The zero-order chi connectivity index (χ0) is 32.2. The lowest BCUT2D eigenvalue weighted by Gasteiger charge is -2.49. The van der Waals surface area contributed by atoms with Crippen LogP contribution in [0.2, 0.25) is 0 Å². The normalized spacial score (nSPS) is 26.4. The Morgan fingerprint density at radius 3 is 1.14 bits per heavy atom. The van der Waals surface area contributed by atoms with E-state index in [4.69, 9.17) is 0 Å². The van der Waals surface area contributed by atoms with Crippen molar-refractivity contribution >= 4 is 51.5 Å². The van der Waals surface area contributed by atoms with Gasteiger partial charge in [0.2, 0.25) is 31.9 Å². The maximum absolute atomic E-state index is 14.1. The minimum Gasteiger partial charge on any atom is -0.352 e. The van der Waals surface area contributed by atoms with E-state index < -0.39 is 86.9 Å². The molecule has 0 radical (unpaired) electrons. The third kappa shape index (κ3) is 6.28. The maximum atomic E-state index is 14.1. The smallest absolute Gasteiger partial charge is 0.243 e. The standard InChI is InChI=1S/C26H32N4O10S4/c1-17(31)27-11-19-3-7-21(8-4-19)43(37,38)29-23-13-41(33,34)15-25(23)30(26-16-42(35,36)14-24(26)29)44(39,40)22-9-5-20(6-10-22)12-28-18(2)32/h3-10,23-26H,11-16H2,1-2H3,(H,27,31)(H,28,32)/t23-,24-,25-,26+/m1/s1. The van der Waals surface area contributed by atoms with Gasteiger partial charge >= 0.3 is 0 Å². The molecule has 2 aromatic rings. The van der Waals surface area contributed by atoms with Crippen molar-refractivity contribution in [1.82, 2.24) is 19.2 Å². The number of rotatable bonds is 8. The summed E-state index contributed by atoms with van der Waals surface area (Å²) in [5, 5.41) is 5.19. The molecule has 0 unspecified atom stereocenters. The van der Waals surface area contributed by atoms with Gasteiger partial charge in [-0.2, -0.15) is 8.61 Å². The van der Waals surface area contributed by atoms with Crippen LogP contribution in [0.4, 0.5) is 0 Å². The van der Waals surface area contributed by atoms with Crippen molar-refractivity contribution in [2.75, 3.05) is 23.0 Å². The Labute approximate surface area is 256 Å². The molecule has 4 atom stereocenters. The van der Waals surface area contributed by atoms with Crippen LogP contribution >= 0.6 is 0 Å². The molecule has 0 aliphatic carbocycles. The zero-order valence-corrected chi connectivity index (χ0v) is 27.0. The van der Waals surface area contributed by atoms with Crippen molar-refractivity contribution in [2.24, 2.45) is 0 Å². The number of piperazine rings is 1. The zero-order valence-electron chi connectivity index (χ0n) is 23.8. The number of hydrogen-bond acceptors (Lipinski definition) is 10. The van der Waals surface area contributed by atoms with Gasteiger partial charge in [0.1, 0.15) is 0 Å². The number of carbonyl (C=O) groups is 2. The highest BCUT2D eigenvalue weighted by molar-refractivity contribution is 7.93. The van der Waals surface area contributed by atoms with Gasteiger partial charge in [0.25, 0.3) is 0 Å². The number of sulfonamides is 2. The molecule has 3 aliphatic rings. The summed E-state index contributed by atoms with van der Waals surface area (Å²) in [6, 6.07) is 5.58. The summed E-state index contributed by atoms with van der Waals surface area (Å²) in [5.41, 5.74) is 1.20. The molecule has 3 fully saturated rings. The van der Waals surface area contributed by atoms with E-state index in [9.17, 15) is 43.3 Å². The van der Waals surface area contributed by atoms with Gasteiger partial charge in [0.05, 0.1) is 57.0 Å². The second-order valence-corrected chi connectivity index (χ2v) is 19.2. The molecule has 240 valence electrons. The Morgan fingerprint density at radius 2 is 0.886 bits per heavy atom. The molecule has 18 heteroatoms. The van der Waals surface area contributed by atoms with Crippen LogP contribution in [0.1, 0.15) is 25.0 Å². The molecule has 0 saturated carbocycles. The first-order chi connectivity index (χ1) is 20.4. The lowest BCUT2D eigenvalue weighted by molar-refractivity contribution is -0.120. The molecule has 3 aliphatic heterocycles. The molecule has 44 heavy (non-hydrogen) atoms. The van der Waals surface area contributed by atoms with Crippen LogP contribution in [0.15, 0.2) is 58.3 Å². The molecule has 0 aromatic heterocycles. The van der Waals surface area contributed by atoms with Crippen molar-refractivity contribution < 1.29 is 43.3 Å². The summed E-state index contributed by atoms with van der Waals surface area (Å²) in [4.78, 5) is 22.0. The van der Waals surface area contributed by atoms with Crippen molar-refractivity contribution in [3.8, 4) is 0 Å².